The molecule has 2 rings (SSSR count). The van der Waals surface area contributed by atoms with Gasteiger partial charge in [0, 0.05) is 29.3 Å². The lowest BCUT2D eigenvalue weighted by Crippen LogP contribution is -2.34. The minimum absolute atomic E-state index is 0.146. The highest BCUT2D eigenvalue weighted by Gasteiger charge is 2.16. The first-order valence-electron chi connectivity index (χ1n) is 6.08. The van der Waals surface area contributed by atoms with E-state index in [1.54, 1.807) is 29.1 Å². The van der Waals surface area contributed by atoms with Crippen molar-refractivity contribution in [3.63, 3.8) is 0 Å². The molecule has 100 valence electrons. The Balaban J connectivity index is 2.37. The molecule has 0 atom stereocenters. The van der Waals surface area contributed by atoms with E-state index >= 15 is 0 Å². The van der Waals surface area contributed by atoms with E-state index in [-0.39, 0.29) is 11.1 Å². The molecule has 19 heavy (non-hydrogen) atoms. The molecule has 0 saturated heterocycles. The lowest BCUT2D eigenvalue weighted by atomic mass is 10.1. The second-order valence-corrected chi connectivity index (χ2v) is 5.37. The van der Waals surface area contributed by atoms with Gasteiger partial charge in [0.15, 0.2) is 5.82 Å². The maximum atomic E-state index is 12.3. The van der Waals surface area contributed by atoms with E-state index in [0.717, 1.165) is 5.69 Å². The van der Waals surface area contributed by atoms with Crippen LogP contribution < -0.4 is 16.6 Å². The number of nitrogens with zero attached hydrogens (tertiary/aromatic N) is 2. The van der Waals surface area contributed by atoms with Crippen molar-refractivity contribution in [3.05, 3.63) is 47.0 Å². The molecule has 0 aliphatic heterocycles. The molecule has 0 saturated carbocycles. The largest absolute Gasteiger partial charge is 0.399 e. The van der Waals surface area contributed by atoms with Crippen molar-refractivity contribution in [3.8, 4) is 0 Å². The third-order valence-corrected chi connectivity index (χ3v) is 2.74. The summed E-state index contributed by atoms with van der Waals surface area (Å²) in [5, 5.41) is 3.01. The van der Waals surface area contributed by atoms with Crippen LogP contribution >= 0.6 is 0 Å². The monoisotopic (exact) mass is 258 g/mol. The Kier molecular flexibility index (Phi) is 3.29. The van der Waals surface area contributed by atoms with Crippen molar-refractivity contribution in [2.75, 3.05) is 11.1 Å². The molecule has 5 nitrogen and oxygen atoms in total. The molecule has 1 aromatic heterocycles. The van der Waals surface area contributed by atoms with Crippen molar-refractivity contribution in [1.29, 1.82) is 0 Å². The van der Waals surface area contributed by atoms with Gasteiger partial charge in [-0.25, -0.2) is 4.98 Å². The number of nitrogens with two attached hydrogens (primary N) is 1. The van der Waals surface area contributed by atoms with E-state index in [2.05, 4.69) is 10.3 Å². The fourth-order valence-electron chi connectivity index (χ4n) is 1.73. The van der Waals surface area contributed by atoms with Crippen molar-refractivity contribution in [1.82, 2.24) is 9.55 Å². The minimum Gasteiger partial charge on any atom is -0.399 e. The molecule has 0 bridgehead atoms. The van der Waals surface area contributed by atoms with Crippen LogP contribution in [0.25, 0.3) is 0 Å². The molecule has 0 aliphatic carbocycles. The maximum absolute atomic E-state index is 12.3. The lowest BCUT2D eigenvalue weighted by Gasteiger charge is -2.22. The lowest BCUT2D eigenvalue weighted by molar-refractivity contribution is 0.383. The number of anilines is 3. The Morgan fingerprint density at radius 3 is 2.42 bits per heavy atom. The number of nitrogens with one attached hydrogen (secondary N) is 1. The fraction of sp³-hybridized carbons (Fsp3) is 0.286. The standard InChI is InChI=1S/C14H18N4O/c1-14(2,3)18-9-8-16-12(13(18)19)17-11-6-4-10(15)5-7-11/h4-9H,15H2,1-3H3,(H,16,17). The van der Waals surface area contributed by atoms with Crippen LogP contribution in [0.1, 0.15) is 20.8 Å². The molecule has 1 heterocycles. The fourth-order valence-corrected chi connectivity index (χ4v) is 1.73. The average molecular weight is 258 g/mol. The summed E-state index contributed by atoms with van der Waals surface area (Å²) in [6.45, 7) is 5.92. The van der Waals surface area contributed by atoms with Gasteiger partial charge >= 0.3 is 0 Å². The number of benzene rings is 1. The molecule has 0 aliphatic rings. The first-order chi connectivity index (χ1) is 8.88. The van der Waals surface area contributed by atoms with Gasteiger partial charge in [-0.3, -0.25) is 4.79 Å². The molecule has 2 aromatic rings. The number of rotatable bonds is 2. The molecule has 1 aromatic carbocycles. The summed E-state index contributed by atoms with van der Waals surface area (Å²) in [6, 6.07) is 7.16. The van der Waals surface area contributed by atoms with Gasteiger partial charge in [-0.15, -0.1) is 0 Å². The van der Waals surface area contributed by atoms with Crippen LogP contribution in [-0.2, 0) is 5.54 Å². The molecule has 0 spiro atoms. The molecular weight excluding hydrogens is 240 g/mol. The first-order valence-corrected chi connectivity index (χ1v) is 6.08. The van der Waals surface area contributed by atoms with E-state index in [9.17, 15) is 4.79 Å². The van der Waals surface area contributed by atoms with Crippen LogP contribution in [0, 0.1) is 0 Å². The SMILES string of the molecule is CC(C)(C)n1ccnc(Nc2ccc(N)cc2)c1=O. The van der Waals surface area contributed by atoms with Crippen molar-refractivity contribution >= 4 is 17.2 Å². The second kappa shape index (κ2) is 4.76. The van der Waals surface area contributed by atoms with Crippen LogP contribution in [0.4, 0.5) is 17.2 Å². The molecular formula is C14H18N4O. The molecule has 0 unspecified atom stereocenters. The summed E-state index contributed by atoms with van der Waals surface area (Å²) in [5.41, 5.74) is 6.66. The number of aromatic nitrogens is 2. The van der Waals surface area contributed by atoms with Gasteiger partial charge in [0.25, 0.3) is 5.56 Å². The Labute approximate surface area is 112 Å². The van der Waals surface area contributed by atoms with E-state index in [1.807, 2.05) is 32.9 Å². The topological polar surface area (TPSA) is 72.9 Å². The zero-order valence-corrected chi connectivity index (χ0v) is 11.3. The molecule has 0 fully saturated rings. The first kappa shape index (κ1) is 13.1. The Morgan fingerprint density at radius 1 is 1.21 bits per heavy atom. The molecule has 5 heteroatoms. The van der Waals surface area contributed by atoms with Gasteiger partial charge < -0.3 is 15.6 Å². The predicted octanol–water partition coefficient (Wildman–Crippen LogP) is 2.32. The van der Waals surface area contributed by atoms with Gasteiger partial charge in [0.2, 0.25) is 0 Å². The molecule has 0 amide bonds. The predicted molar refractivity (Wildman–Crippen MR) is 77.6 cm³/mol. The summed E-state index contributed by atoms with van der Waals surface area (Å²) in [5.74, 6) is 0.308. The van der Waals surface area contributed by atoms with E-state index in [1.165, 1.54) is 0 Å². The van der Waals surface area contributed by atoms with Gasteiger partial charge in [-0.1, -0.05) is 0 Å². The third-order valence-electron chi connectivity index (χ3n) is 2.74. The smallest absolute Gasteiger partial charge is 0.294 e. The third kappa shape index (κ3) is 2.93. The van der Waals surface area contributed by atoms with Crippen molar-refractivity contribution in [2.24, 2.45) is 0 Å². The second-order valence-electron chi connectivity index (χ2n) is 5.37. The van der Waals surface area contributed by atoms with Gasteiger partial charge in [0.05, 0.1) is 0 Å². The highest BCUT2D eigenvalue weighted by atomic mass is 16.1. The van der Waals surface area contributed by atoms with E-state index in [4.69, 9.17) is 5.73 Å². The normalized spacial score (nSPS) is 11.3. The number of hydrogen-bond acceptors (Lipinski definition) is 4. The van der Waals surface area contributed by atoms with Gasteiger partial charge in [-0.05, 0) is 45.0 Å². The number of nitrogen functional groups attached to an aromatic ring is 1. The Bertz CT molecular complexity index is 623. The Hall–Kier alpha value is -2.30. The highest BCUT2D eigenvalue weighted by Crippen LogP contribution is 2.15. The van der Waals surface area contributed by atoms with Crippen LogP contribution in [0.5, 0.6) is 0 Å². The highest BCUT2D eigenvalue weighted by molar-refractivity contribution is 5.58. The summed E-state index contributed by atoms with van der Waals surface area (Å²) >= 11 is 0. The van der Waals surface area contributed by atoms with Gasteiger partial charge in [-0.2, -0.15) is 0 Å². The van der Waals surface area contributed by atoms with E-state index < -0.39 is 0 Å². The number of hydrogen-bond donors (Lipinski definition) is 2. The van der Waals surface area contributed by atoms with Crippen LogP contribution in [0.2, 0.25) is 0 Å². The Morgan fingerprint density at radius 2 is 1.84 bits per heavy atom. The van der Waals surface area contributed by atoms with Crippen LogP contribution in [-0.4, -0.2) is 9.55 Å². The van der Waals surface area contributed by atoms with Gasteiger partial charge in [0.1, 0.15) is 0 Å². The zero-order valence-electron chi connectivity index (χ0n) is 11.3. The van der Waals surface area contributed by atoms with E-state index in [0.29, 0.717) is 11.5 Å². The minimum atomic E-state index is -0.280. The quantitative estimate of drug-likeness (QED) is 0.811. The molecule has 3 N–H and O–H groups in total. The zero-order chi connectivity index (χ0) is 14.0. The summed E-state index contributed by atoms with van der Waals surface area (Å²) in [7, 11) is 0. The van der Waals surface area contributed by atoms with Crippen molar-refractivity contribution < 1.29 is 0 Å². The average Bonchev–Trinajstić information content (AvgIpc) is 2.33. The summed E-state index contributed by atoms with van der Waals surface area (Å²) in [4.78, 5) is 16.4. The molecule has 0 radical (unpaired) electrons. The summed E-state index contributed by atoms with van der Waals surface area (Å²) < 4.78 is 1.65. The van der Waals surface area contributed by atoms with Crippen LogP contribution in [0.15, 0.2) is 41.5 Å². The van der Waals surface area contributed by atoms with Crippen molar-refractivity contribution in [2.45, 2.75) is 26.3 Å². The van der Waals surface area contributed by atoms with Crippen LogP contribution in [0.3, 0.4) is 0 Å². The maximum Gasteiger partial charge on any atom is 0.294 e. The summed E-state index contributed by atoms with van der Waals surface area (Å²) in [6.07, 6.45) is 3.31.